The lowest BCUT2D eigenvalue weighted by Crippen LogP contribution is -2.35. The Morgan fingerprint density at radius 3 is 3.08 bits per heavy atom. The molecule has 1 heterocycles. The van der Waals surface area contributed by atoms with Gasteiger partial charge in [-0.15, -0.1) is 11.6 Å². The summed E-state index contributed by atoms with van der Waals surface area (Å²) in [5, 5.41) is 2.83. The molecule has 1 aliphatic rings. The van der Waals surface area contributed by atoms with Crippen LogP contribution >= 0.6 is 11.6 Å². The Bertz CT molecular complexity index is 169. The van der Waals surface area contributed by atoms with Gasteiger partial charge in [-0.2, -0.15) is 0 Å². The van der Waals surface area contributed by atoms with Gasteiger partial charge < -0.3 is 10.1 Å². The second-order valence-corrected chi connectivity index (χ2v) is 3.74. The molecule has 0 saturated carbocycles. The Morgan fingerprint density at radius 2 is 2.54 bits per heavy atom. The molecule has 1 N–H and O–H groups in total. The molecule has 0 aromatic heterocycles. The number of hydrogen-bond donors (Lipinski definition) is 1. The number of carbonyl (C=O) groups excluding carboxylic acids is 1. The Labute approximate surface area is 83.8 Å². The molecule has 2 unspecified atom stereocenters. The fourth-order valence-corrected chi connectivity index (χ4v) is 1.40. The highest BCUT2D eigenvalue weighted by Gasteiger charge is 2.17. The second-order valence-electron chi connectivity index (χ2n) is 3.44. The molecular formula is C9H16ClNO2. The fraction of sp³-hybridized carbons (Fsp3) is 0.889. The molecule has 1 fully saturated rings. The predicted octanol–water partition coefficient (Wildman–Crippen LogP) is 1.16. The summed E-state index contributed by atoms with van der Waals surface area (Å²) in [6.07, 6.45) is 2.37. The minimum atomic E-state index is -0.108. The number of halogens is 1. The van der Waals surface area contributed by atoms with Gasteiger partial charge in [0.15, 0.2) is 0 Å². The summed E-state index contributed by atoms with van der Waals surface area (Å²) in [6.45, 7) is 3.27. The molecule has 1 saturated heterocycles. The molecule has 76 valence electrons. The molecule has 13 heavy (non-hydrogen) atoms. The molecular weight excluding hydrogens is 190 g/mol. The summed E-state index contributed by atoms with van der Waals surface area (Å²) in [5.74, 6) is 0.283. The number of ether oxygens (including phenoxy) is 1. The van der Waals surface area contributed by atoms with Crippen molar-refractivity contribution < 1.29 is 9.53 Å². The van der Waals surface area contributed by atoms with Crippen molar-refractivity contribution in [2.24, 2.45) is 5.92 Å². The summed E-state index contributed by atoms with van der Waals surface area (Å²) >= 11 is 5.55. The summed E-state index contributed by atoms with van der Waals surface area (Å²) in [5.41, 5.74) is 0. The van der Waals surface area contributed by atoms with E-state index in [2.05, 4.69) is 5.32 Å². The number of carbonyl (C=O) groups is 1. The van der Waals surface area contributed by atoms with Gasteiger partial charge in [0.05, 0.1) is 6.10 Å². The van der Waals surface area contributed by atoms with Crippen molar-refractivity contribution in [1.29, 1.82) is 0 Å². The smallest absolute Gasteiger partial charge is 0.224 e. The van der Waals surface area contributed by atoms with Crippen molar-refractivity contribution in [1.82, 2.24) is 5.32 Å². The van der Waals surface area contributed by atoms with Crippen molar-refractivity contribution in [3.8, 4) is 0 Å². The first kappa shape index (κ1) is 10.8. The summed E-state index contributed by atoms with van der Waals surface area (Å²) in [7, 11) is 0. The molecule has 0 bridgehead atoms. The molecule has 0 aromatic rings. The molecule has 0 aliphatic carbocycles. The van der Waals surface area contributed by atoms with E-state index >= 15 is 0 Å². The quantitative estimate of drug-likeness (QED) is 0.700. The van der Waals surface area contributed by atoms with Crippen molar-refractivity contribution in [3.63, 3.8) is 0 Å². The van der Waals surface area contributed by atoms with Gasteiger partial charge in [-0.05, 0) is 12.8 Å². The van der Waals surface area contributed by atoms with Gasteiger partial charge >= 0.3 is 0 Å². The van der Waals surface area contributed by atoms with Crippen LogP contribution in [0.2, 0.25) is 0 Å². The van der Waals surface area contributed by atoms with Gasteiger partial charge in [0.1, 0.15) is 0 Å². The molecule has 4 heteroatoms. The van der Waals surface area contributed by atoms with Crippen molar-refractivity contribution in [3.05, 3.63) is 0 Å². The zero-order valence-corrected chi connectivity index (χ0v) is 8.64. The molecule has 0 radical (unpaired) electrons. The third kappa shape index (κ3) is 3.53. The van der Waals surface area contributed by atoms with Crippen LogP contribution in [0.5, 0.6) is 0 Å². The van der Waals surface area contributed by atoms with Crippen LogP contribution in [0, 0.1) is 5.92 Å². The molecule has 2 atom stereocenters. The van der Waals surface area contributed by atoms with E-state index in [0.29, 0.717) is 12.4 Å². The van der Waals surface area contributed by atoms with E-state index in [9.17, 15) is 4.79 Å². The normalized spacial score (nSPS) is 24.3. The van der Waals surface area contributed by atoms with Gasteiger partial charge in [-0.1, -0.05) is 6.92 Å². The molecule has 0 aromatic carbocycles. The SMILES string of the molecule is CC(CCl)C(=O)NCC1CCCO1. The average molecular weight is 206 g/mol. The zero-order valence-electron chi connectivity index (χ0n) is 7.88. The van der Waals surface area contributed by atoms with Gasteiger partial charge in [0.25, 0.3) is 0 Å². The van der Waals surface area contributed by atoms with Crippen LogP contribution in [-0.2, 0) is 9.53 Å². The van der Waals surface area contributed by atoms with Gasteiger partial charge in [-0.25, -0.2) is 0 Å². The first-order valence-corrected chi connectivity index (χ1v) is 5.22. The van der Waals surface area contributed by atoms with Crippen molar-refractivity contribution in [2.75, 3.05) is 19.0 Å². The van der Waals surface area contributed by atoms with Gasteiger partial charge in [0.2, 0.25) is 5.91 Å². The number of rotatable bonds is 4. The van der Waals surface area contributed by atoms with Gasteiger partial charge in [0, 0.05) is 24.9 Å². The van der Waals surface area contributed by atoms with E-state index < -0.39 is 0 Å². The largest absolute Gasteiger partial charge is 0.376 e. The monoisotopic (exact) mass is 205 g/mol. The van der Waals surface area contributed by atoms with Crippen LogP contribution in [0.25, 0.3) is 0 Å². The van der Waals surface area contributed by atoms with E-state index in [-0.39, 0.29) is 17.9 Å². The minimum absolute atomic E-state index is 0.0190. The summed E-state index contributed by atoms with van der Waals surface area (Å²) in [6, 6.07) is 0. The third-order valence-corrected chi connectivity index (χ3v) is 2.67. The zero-order chi connectivity index (χ0) is 9.68. The highest BCUT2D eigenvalue weighted by molar-refractivity contribution is 6.19. The Balaban J connectivity index is 2.13. The van der Waals surface area contributed by atoms with Crippen LogP contribution < -0.4 is 5.32 Å². The number of alkyl halides is 1. The third-order valence-electron chi connectivity index (χ3n) is 2.21. The highest BCUT2D eigenvalue weighted by Crippen LogP contribution is 2.10. The summed E-state index contributed by atoms with van der Waals surface area (Å²) in [4.78, 5) is 11.3. The minimum Gasteiger partial charge on any atom is -0.376 e. The lowest BCUT2D eigenvalue weighted by molar-refractivity contribution is -0.124. The topological polar surface area (TPSA) is 38.3 Å². The maximum absolute atomic E-state index is 11.3. The number of amides is 1. The lowest BCUT2D eigenvalue weighted by atomic mass is 10.2. The van der Waals surface area contributed by atoms with Crippen LogP contribution in [0.3, 0.4) is 0 Å². The maximum Gasteiger partial charge on any atom is 0.224 e. The average Bonchev–Trinajstić information content (AvgIpc) is 2.65. The van der Waals surface area contributed by atoms with Crippen LogP contribution in [0.1, 0.15) is 19.8 Å². The lowest BCUT2D eigenvalue weighted by Gasteiger charge is -2.12. The van der Waals surface area contributed by atoms with Crippen molar-refractivity contribution in [2.45, 2.75) is 25.9 Å². The molecule has 0 spiro atoms. The van der Waals surface area contributed by atoms with Crippen LogP contribution in [-0.4, -0.2) is 31.0 Å². The van der Waals surface area contributed by atoms with E-state index in [1.165, 1.54) is 0 Å². The van der Waals surface area contributed by atoms with Crippen molar-refractivity contribution >= 4 is 17.5 Å². The predicted molar refractivity (Wildman–Crippen MR) is 51.9 cm³/mol. The standard InChI is InChI=1S/C9H16ClNO2/c1-7(5-10)9(12)11-6-8-3-2-4-13-8/h7-8H,2-6H2,1H3,(H,11,12). The molecule has 1 amide bonds. The first-order valence-electron chi connectivity index (χ1n) is 4.69. The van der Waals surface area contributed by atoms with E-state index in [4.69, 9.17) is 16.3 Å². The second kappa shape index (κ2) is 5.45. The molecule has 3 nitrogen and oxygen atoms in total. The Hall–Kier alpha value is -0.280. The molecule has 1 aliphatic heterocycles. The van der Waals surface area contributed by atoms with E-state index in [1.54, 1.807) is 0 Å². The summed E-state index contributed by atoms with van der Waals surface area (Å²) < 4.78 is 5.37. The highest BCUT2D eigenvalue weighted by atomic mass is 35.5. The molecule has 1 rings (SSSR count). The maximum atomic E-state index is 11.3. The number of hydrogen-bond acceptors (Lipinski definition) is 2. The van der Waals surface area contributed by atoms with Gasteiger partial charge in [-0.3, -0.25) is 4.79 Å². The van der Waals surface area contributed by atoms with Crippen LogP contribution in [0.4, 0.5) is 0 Å². The first-order chi connectivity index (χ1) is 6.24. The van der Waals surface area contributed by atoms with E-state index in [1.807, 2.05) is 6.92 Å². The van der Waals surface area contributed by atoms with E-state index in [0.717, 1.165) is 19.4 Å². The number of nitrogens with one attached hydrogen (secondary N) is 1. The Kier molecular flexibility index (Phi) is 4.53. The fourth-order valence-electron chi connectivity index (χ4n) is 1.26. The Morgan fingerprint density at radius 1 is 1.77 bits per heavy atom. The van der Waals surface area contributed by atoms with Crippen LogP contribution in [0.15, 0.2) is 0 Å².